The average Bonchev–Trinajstić information content (AvgIpc) is 2.92. The van der Waals surface area contributed by atoms with Gasteiger partial charge < -0.3 is 25.6 Å². The molecule has 0 amide bonds. The van der Waals surface area contributed by atoms with E-state index < -0.39 is 6.10 Å². The lowest BCUT2D eigenvalue weighted by molar-refractivity contribution is 0.0535. The van der Waals surface area contributed by atoms with Crippen molar-refractivity contribution in [1.82, 2.24) is 5.32 Å². The predicted octanol–water partition coefficient (Wildman–Crippen LogP) is 0.613. The Labute approximate surface area is 136 Å². The van der Waals surface area contributed by atoms with Crippen LogP contribution in [0, 0.1) is 18.9 Å². The second-order valence-corrected chi connectivity index (χ2v) is 5.54. The predicted molar refractivity (Wildman–Crippen MR) is 85.5 cm³/mol. The van der Waals surface area contributed by atoms with E-state index >= 15 is 0 Å². The van der Waals surface area contributed by atoms with Crippen molar-refractivity contribution in [2.24, 2.45) is 5.73 Å². The van der Waals surface area contributed by atoms with E-state index in [-0.39, 0.29) is 18.6 Å². The van der Waals surface area contributed by atoms with E-state index in [0.29, 0.717) is 25.3 Å². The van der Waals surface area contributed by atoms with Gasteiger partial charge in [0.05, 0.1) is 18.3 Å². The third-order valence-corrected chi connectivity index (χ3v) is 3.87. The summed E-state index contributed by atoms with van der Waals surface area (Å²) in [5.74, 6) is 2.32. The largest absolute Gasteiger partial charge is 0.457 e. The van der Waals surface area contributed by atoms with Gasteiger partial charge in [0, 0.05) is 24.2 Å². The summed E-state index contributed by atoms with van der Waals surface area (Å²) in [7, 11) is 0. The number of benzene rings is 1. The fourth-order valence-electron chi connectivity index (χ4n) is 2.54. The number of aliphatic hydroxyl groups excluding tert-OH is 1. The number of cyclic esters (lactones) is 1. The first kappa shape index (κ1) is 17.3. The van der Waals surface area contributed by atoms with Crippen molar-refractivity contribution in [3.63, 3.8) is 0 Å². The Kier molecular flexibility index (Phi) is 5.99. The first-order valence-corrected chi connectivity index (χ1v) is 7.51. The van der Waals surface area contributed by atoms with Crippen LogP contribution in [0.5, 0.6) is 0 Å². The lowest BCUT2D eigenvalue weighted by Crippen LogP contribution is -2.34. The number of esters is 1. The topological polar surface area (TPSA) is 93.8 Å². The molecule has 2 rings (SSSR count). The van der Waals surface area contributed by atoms with Gasteiger partial charge in [0.1, 0.15) is 13.2 Å². The summed E-state index contributed by atoms with van der Waals surface area (Å²) < 4.78 is 10.3. The normalized spacial score (nSPS) is 15.3. The highest BCUT2D eigenvalue weighted by Crippen LogP contribution is 2.28. The van der Waals surface area contributed by atoms with Gasteiger partial charge >= 0.3 is 5.97 Å². The van der Waals surface area contributed by atoms with E-state index in [1.807, 2.05) is 13.8 Å². The first-order valence-electron chi connectivity index (χ1n) is 7.51. The summed E-state index contributed by atoms with van der Waals surface area (Å²) in [5, 5.41) is 13.6. The Hall–Kier alpha value is -2.07. The fourth-order valence-corrected chi connectivity index (χ4v) is 2.54. The summed E-state index contributed by atoms with van der Waals surface area (Å²) in [5.41, 5.74) is 8.22. The molecule has 1 heterocycles. The maximum Gasteiger partial charge on any atom is 0.338 e. The number of carbonyl (C=O) groups excluding carboxylic acids is 1. The number of rotatable bonds is 7. The van der Waals surface area contributed by atoms with E-state index in [2.05, 4.69) is 17.3 Å². The third-order valence-electron chi connectivity index (χ3n) is 3.87. The Bertz CT molecular complexity index is 633. The summed E-state index contributed by atoms with van der Waals surface area (Å²) in [4.78, 5) is 11.5. The van der Waals surface area contributed by atoms with Crippen molar-refractivity contribution in [3.05, 3.63) is 34.4 Å². The molecule has 1 aliphatic rings. The van der Waals surface area contributed by atoms with Crippen molar-refractivity contribution < 1.29 is 19.4 Å². The van der Waals surface area contributed by atoms with Gasteiger partial charge in [0.25, 0.3) is 0 Å². The molecule has 1 aliphatic heterocycles. The zero-order chi connectivity index (χ0) is 16.8. The zero-order valence-electron chi connectivity index (χ0n) is 13.4. The van der Waals surface area contributed by atoms with Crippen LogP contribution in [0.1, 0.15) is 40.1 Å². The minimum absolute atomic E-state index is 0.0730. The van der Waals surface area contributed by atoms with Crippen LogP contribution in [-0.4, -0.2) is 36.9 Å². The highest BCUT2D eigenvalue weighted by Gasteiger charge is 2.25. The zero-order valence-corrected chi connectivity index (χ0v) is 13.4. The van der Waals surface area contributed by atoms with Crippen LogP contribution in [0.25, 0.3) is 0 Å². The third kappa shape index (κ3) is 4.23. The van der Waals surface area contributed by atoms with Crippen LogP contribution in [0.4, 0.5) is 0 Å². The molecule has 0 saturated heterocycles. The van der Waals surface area contributed by atoms with Crippen LogP contribution < -0.4 is 11.1 Å². The molecular weight excluding hydrogens is 296 g/mol. The van der Waals surface area contributed by atoms with Crippen LogP contribution in [0.3, 0.4) is 0 Å². The number of fused-ring (bicyclic) bond motifs is 1. The smallest absolute Gasteiger partial charge is 0.338 e. The quantitative estimate of drug-likeness (QED) is 0.295. The van der Waals surface area contributed by atoms with Crippen molar-refractivity contribution in [1.29, 1.82) is 0 Å². The van der Waals surface area contributed by atoms with Crippen LogP contribution in [0.15, 0.2) is 12.1 Å². The highest BCUT2D eigenvalue weighted by atomic mass is 16.5. The van der Waals surface area contributed by atoms with E-state index in [9.17, 15) is 9.90 Å². The number of nitrogens with one attached hydrogen (secondary N) is 1. The van der Waals surface area contributed by atoms with E-state index in [1.165, 1.54) is 0 Å². The molecule has 6 heteroatoms. The molecule has 23 heavy (non-hydrogen) atoms. The number of ether oxygens (including phenoxy) is 2. The Balaban J connectivity index is 1.90. The SMILES string of the molecule is Cc1c(C(O)CNC(C)COCC#CN)ccc2c1COC2=O. The molecule has 0 aliphatic carbocycles. The summed E-state index contributed by atoms with van der Waals surface area (Å²) in [6.45, 7) is 5.31. The molecule has 1 aromatic rings. The minimum atomic E-state index is -0.665. The Morgan fingerprint density at radius 1 is 1.52 bits per heavy atom. The second kappa shape index (κ2) is 7.97. The minimum Gasteiger partial charge on any atom is -0.457 e. The first-order chi connectivity index (χ1) is 11.0. The molecular formula is C17H22N2O4. The van der Waals surface area contributed by atoms with Crippen LogP contribution in [0.2, 0.25) is 0 Å². The molecule has 2 unspecified atom stereocenters. The van der Waals surface area contributed by atoms with Gasteiger partial charge in [-0.05, 0) is 31.0 Å². The molecule has 0 spiro atoms. The maximum atomic E-state index is 11.5. The number of carbonyl (C=O) groups is 1. The van der Waals surface area contributed by atoms with Crippen LogP contribution in [-0.2, 0) is 16.1 Å². The average molecular weight is 318 g/mol. The van der Waals surface area contributed by atoms with Crippen molar-refractivity contribution in [3.8, 4) is 12.0 Å². The summed E-state index contributed by atoms with van der Waals surface area (Å²) in [6.07, 6.45) is -0.665. The van der Waals surface area contributed by atoms with E-state index in [0.717, 1.165) is 16.7 Å². The molecule has 6 nitrogen and oxygen atoms in total. The Morgan fingerprint density at radius 2 is 2.30 bits per heavy atom. The van der Waals surface area contributed by atoms with Crippen molar-refractivity contribution >= 4 is 5.97 Å². The van der Waals surface area contributed by atoms with Gasteiger partial charge in [-0.15, -0.1) is 0 Å². The van der Waals surface area contributed by atoms with Gasteiger partial charge in [-0.25, -0.2) is 4.79 Å². The van der Waals surface area contributed by atoms with Gasteiger partial charge in [0.15, 0.2) is 0 Å². The molecule has 0 saturated carbocycles. The number of hydrogen-bond acceptors (Lipinski definition) is 6. The van der Waals surface area contributed by atoms with Crippen molar-refractivity contribution in [2.45, 2.75) is 32.6 Å². The highest BCUT2D eigenvalue weighted by molar-refractivity contribution is 5.93. The molecule has 0 fully saturated rings. The molecule has 0 aromatic heterocycles. The van der Waals surface area contributed by atoms with Gasteiger partial charge in [-0.3, -0.25) is 0 Å². The van der Waals surface area contributed by atoms with Crippen molar-refractivity contribution in [2.75, 3.05) is 19.8 Å². The molecule has 0 bridgehead atoms. The molecule has 4 N–H and O–H groups in total. The standard InChI is InChI=1S/C17H22N2O4/c1-11(9-22-7-3-6-18)19-8-16(20)13-4-5-14-15(12(13)2)10-23-17(14)21/h4-5,11,16,19-20H,7-10,18H2,1-2H3. The second-order valence-electron chi connectivity index (χ2n) is 5.54. The molecule has 1 aromatic carbocycles. The summed E-state index contributed by atoms with van der Waals surface area (Å²) >= 11 is 0. The van der Waals surface area contributed by atoms with Crippen LogP contribution >= 0.6 is 0 Å². The Morgan fingerprint density at radius 3 is 3.04 bits per heavy atom. The van der Waals surface area contributed by atoms with E-state index in [4.69, 9.17) is 15.2 Å². The molecule has 124 valence electrons. The molecule has 0 radical (unpaired) electrons. The summed E-state index contributed by atoms with van der Waals surface area (Å²) in [6, 6.07) is 5.85. The van der Waals surface area contributed by atoms with E-state index in [1.54, 1.807) is 12.1 Å². The lowest BCUT2D eigenvalue weighted by Gasteiger charge is -2.19. The maximum absolute atomic E-state index is 11.5. The monoisotopic (exact) mass is 318 g/mol. The number of aliphatic hydroxyl groups is 1. The van der Waals surface area contributed by atoms with Gasteiger partial charge in [-0.1, -0.05) is 12.0 Å². The van der Waals surface area contributed by atoms with Gasteiger partial charge in [-0.2, -0.15) is 0 Å². The lowest BCUT2D eigenvalue weighted by atomic mass is 9.95. The number of hydrogen-bond donors (Lipinski definition) is 3. The number of nitrogens with two attached hydrogens (primary N) is 1. The fraction of sp³-hybridized carbons (Fsp3) is 0.471. The van der Waals surface area contributed by atoms with Gasteiger partial charge in [0.2, 0.25) is 0 Å². The molecule has 2 atom stereocenters.